The van der Waals surface area contributed by atoms with Crippen LogP contribution in [0, 0.1) is 11.7 Å². The number of aryl methyl sites for hydroxylation is 1. The molecule has 0 bridgehead atoms. The lowest BCUT2D eigenvalue weighted by Crippen LogP contribution is -2.33. The van der Waals surface area contributed by atoms with Crippen molar-refractivity contribution in [2.24, 2.45) is 11.7 Å². The van der Waals surface area contributed by atoms with Crippen LogP contribution >= 0.6 is 0 Å². The number of amides is 1. The standard InChI is InChI=1S/C19H25FN4O/c1-24(19(25)14-7-8-16(21)11-14)9-3-6-17-12-18(23-22-17)13-4-2-5-15(20)10-13/h2,4-5,10,12,14,16H,3,6-9,11,21H2,1H3,(H,22,23). The number of nitrogens with two attached hydrogens (primary N) is 1. The van der Waals surface area contributed by atoms with Crippen LogP contribution in [0.4, 0.5) is 4.39 Å². The maximum Gasteiger partial charge on any atom is 0.225 e. The van der Waals surface area contributed by atoms with Gasteiger partial charge in [-0.05, 0) is 50.3 Å². The fraction of sp³-hybridized carbons (Fsp3) is 0.474. The predicted molar refractivity (Wildman–Crippen MR) is 95.3 cm³/mol. The van der Waals surface area contributed by atoms with Crippen molar-refractivity contribution in [1.29, 1.82) is 0 Å². The Morgan fingerprint density at radius 2 is 2.24 bits per heavy atom. The lowest BCUT2D eigenvalue weighted by Gasteiger charge is -2.20. The summed E-state index contributed by atoms with van der Waals surface area (Å²) in [5.74, 6) is 0.0264. The van der Waals surface area contributed by atoms with Crippen LogP contribution in [0.2, 0.25) is 0 Å². The molecule has 3 rings (SSSR count). The molecule has 0 aliphatic heterocycles. The van der Waals surface area contributed by atoms with Crippen LogP contribution < -0.4 is 5.73 Å². The molecular weight excluding hydrogens is 319 g/mol. The van der Waals surface area contributed by atoms with E-state index < -0.39 is 0 Å². The zero-order valence-electron chi connectivity index (χ0n) is 14.5. The third-order valence-corrected chi connectivity index (χ3v) is 4.89. The molecule has 5 nitrogen and oxygen atoms in total. The van der Waals surface area contributed by atoms with Crippen LogP contribution in [0.5, 0.6) is 0 Å². The van der Waals surface area contributed by atoms with E-state index >= 15 is 0 Å². The fourth-order valence-corrected chi connectivity index (χ4v) is 3.45. The summed E-state index contributed by atoms with van der Waals surface area (Å²) in [5, 5.41) is 7.24. The highest BCUT2D eigenvalue weighted by Crippen LogP contribution is 2.25. The summed E-state index contributed by atoms with van der Waals surface area (Å²) >= 11 is 0. The summed E-state index contributed by atoms with van der Waals surface area (Å²) in [6.07, 6.45) is 4.31. The molecule has 6 heteroatoms. The maximum atomic E-state index is 13.3. The number of nitrogens with one attached hydrogen (secondary N) is 1. The lowest BCUT2D eigenvalue weighted by atomic mass is 10.1. The van der Waals surface area contributed by atoms with Crippen molar-refractivity contribution >= 4 is 5.91 Å². The average molecular weight is 344 g/mol. The third kappa shape index (κ3) is 4.45. The van der Waals surface area contributed by atoms with Gasteiger partial charge in [-0.1, -0.05) is 12.1 Å². The molecule has 1 aliphatic carbocycles. The number of aromatic amines is 1. The van der Waals surface area contributed by atoms with Gasteiger partial charge in [0.2, 0.25) is 5.91 Å². The Kier molecular flexibility index (Phi) is 5.48. The molecule has 1 heterocycles. The van der Waals surface area contributed by atoms with Crippen molar-refractivity contribution in [1.82, 2.24) is 15.1 Å². The number of hydrogen-bond acceptors (Lipinski definition) is 3. The van der Waals surface area contributed by atoms with Crippen LogP contribution in [0.1, 0.15) is 31.4 Å². The Bertz CT molecular complexity index is 730. The number of carbonyl (C=O) groups is 1. The van der Waals surface area contributed by atoms with Gasteiger partial charge in [0, 0.05) is 36.8 Å². The first-order chi connectivity index (χ1) is 12.0. The highest BCUT2D eigenvalue weighted by atomic mass is 19.1. The van der Waals surface area contributed by atoms with E-state index in [1.54, 1.807) is 6.07 Å². The number of halogens is 1. The van der Waals surface area contributed by atoms with Gasteiger partial charge in [-0.25, -0.2) is 4.39 Å². The number of benzene rings is 1. The number of rotatable bonds is 6. The molecule has 1 aromatic carbocycles. The molecule has 134 valence electrons. The molecule has 3 N–H and O–H groups in total. The predicted octanol–water partition coefficient (Wildman–Crippen LogP) is 2.73. The van der Waals surface area contributed by atoms with Gasteiger partial charge in [-0.3, -0.25) is 9.89 Å². The first kappa shape index (κ1) is 17.6. The Balaban J connectivity index is 1.48. The molecule has 2 atom stereocenters. The van der Waals surface area contributed by atoms with Crippen LogP contribution in [0.3, 0.4) is 0 Å². The minimum atomic E-state index is -0.270. The molecule has 1 aromatic heterocycles. The van der Waals surface area contributed by atoms with Gasteiger partial charge in [0.1, 0.15) is 5.82 Å². The van der Waals surface area contributed by atoms with Gasteiger partial charge in [-0.15, -0.1) is 0 Å². The van der Waals surface area contributed by atoms with E-state index in [9.17, 15) is 9.18 Å². The second kappa shape index (κ2) is 7.78. The normalized spacial score (nSPS) is 20.0. The maximum absolute atomic E-state index is 13.3. The first-order valence-electron chi connectivity index (χ1n) is 8.83. The average Bonchev–Trinajstić information content (AvgIpc) is 3.23. The van der Waals surface area contributed by atoms with Crippen molar-refractivity contribution in [3.63, 3.8) is 0 Å². The highest BCUT2D eigenvalue weighted by Gasteiger charge is 2.29. The molecule has 1 fully saturated rings. The second-order valence-electron chi connectivity index (χ2n) is 6.92. The largest absolute Gasteiger partial charge is 0.346 e. The molecule has 1 aliphatic rings. The van der Waals surface area contributed by atoms with E-state index in [0.29, 0.717) is 6.54 Å². The number of nitrogens with zero attached hydrogens (tertiary/aromatic N) is 2. The van der Waals surface area contributed by atoms with Gasteiger partial charge >= 0.3 is 0 Å². The minimum absolute atomic E-state index is 0.0896. The van der Waals surface area contributed by atoms with Crippen LogP contribution in [-0.4, -0.2) is 40.6 Å². The van der Waals surface area contributed by atoms with Gasteiger partial charge < -0.3 is 10.6 Å². The number of hydrogen-bond donors (Lipinski definition) is 2. The molecule has 1 saturated carbocycles. The summed E-state index contributed by atoms with van der Waals surface area (Å²) in [5.41, 5.74) is 8.37. The Hall–Kier alpha value is -2.21. The zero-order valence-corrected chi connectivity index (χ0v) is 14.5. The summed E-state index contributed by atoms with van der Waals surface area (Å²) in [6, 6.07) is 8.51. The monoisotopic (exact) mass is 344 g/mol. The van der Waals surface area contributed by atoms with E-state index in [4.69, 9.17) is 5.73 Å². The van der Waals surface area contributed by atoms with Crippen molar-refractivity contribution in [2.45, 2.75) is 38.1 Å². The number of carbonyl (C=O) groups excluding carboxylic acids is 1. The Morgan fingerprint density at radius 1 is 1.40 bits per heavy atom. The molecule has 0 radical (unpaired) electrons. The number of aromatic nitrogens is 2. The first-order valence-corrected chi connectivity index (χ1v) is 8.83. The van der Waals surface area contributed by atoms with E-state index in [2.05, 4.69) is 10.2 Å². The van der Waals surface area contributed by atoms with Crippen LogP contribution in [0.15, 0.2) is 30.3 Å². The smallest absolute Gasteiger partial charge is 0.225 e. The van der Waals surface area contributed by atoms with Crippen LogP contribution in [0.25, 0.3) is 11.3 Å². The zero-order chi connectivity index (χ0) is 17.8. The SMILES string of the molecule is CN(CCCc1cc(-c2cccc(F)c2)n[nH]1)C(=O)C1CCC(N)C1. The van der Waals surface area contributed by atoms with Crippen molar-refractivity contribution < 1.29 is 9.18 Å². The quantitative estimate of drug-likeness (QED) is 0.846. The molecule has 2 unspecified atom stereocenters. The topological polar surface area (TPSA) is 75.0 Å². The summed E-state index contributed by atoms with van der Waals surface area (Å²) in [4.78, 5) is 14.2. The van der Waals surface area contributed by atoms with Crippen molar-refractivity contribution in [2.75, 3.05) is 13.6 Å². The molecule has 25 heavy (non-hydrogen) atoms. The van der Waals surface area contributed by atoms with Gasteiger partial charge in [0.05, 0.1) is 5.69 Å². The minimum Gasteiger partial charge on any atom is -0.346 e. The summed E-state index contributed by atoms with van der Waals surface area (Å²) in [6.45, 7) is 0.707. The van der Waals surface area contributed by atoms with Gasteiger partial charge in [0.15, 0.2) is 0 Å². The second-order valence-corrected chi connectivity index (χ2v) is 6.92. The van der Waals surface area contributed by atoms with E-state index in [0.717, 1.165) is 49.1 Å². The van der Waals surface area contributed by atoms with Crippen molar-refractivity contribution in [3.05, 3.63) is 41.8 Å². The van der Waals surface area contributed by atoms with Crippen molar-refractivity contribution in [3.8, 4) is 11.3 Å². The molecule has 1 amide bonds. The van der Waals surface area contributed by atoms with Gasteiger partial charge in [0.25, 0.3) is 0 Å². The molecular formula is C19H25FN4O. The molecule has 2 aromatic rings. The summed E-state index contributed by atoms with van der Waals surface area (Å²) in [7, 11) is 1.86. The lowest BCUT2D eigenvalue weighted by molar-refractivity contribution is -0.134. The number of H-pyrrole nitrogens is 1. The molecule has 0 spiro atoms. The highest BCUT2D eigenvalue weighted by molar-refractivity contribution is 5.78. The van der Waals surface area contributed by atoms with E-state index in [1.807, 2.05) is 24.1 Å². The molecule has 0 saturated heterocycles. The van der Waals surface area contributed by atoms with E-state index in [1.165, 1.54) is 12.1 Å². The van der Waals surface area contributed by atoms with E-state index in [-0.39, 0.29) is 23.7 Å². The van der Waals surface area contributed by atoms with Crippen LogP contribution in [-0.2, 0) is 11.2 Å². The summed E-state index contributed by atoms with van der Waals surface area (Å²) < 4.78 is 13.3. The third-order valence-electron chi connectivity index (χ3n) is 4.89. The Morgan fingerprint density at radius 3 is 2.96 bits per heavy atom. The Labute approximate surface area is 147 Å². The fourth-order valence-electron chi connectivity index (χ4n) is 3.45. The van der Waals surface area contributed by atoms with Gasteiger partial charge in [-0.2, -0.15) is 5.10 Å².